The predicted molar refractivity (Wildman–Crippen MR) is 154 cm³/mol. The van der Waals surface area contributed by atoms with Gasteiger partial charge in [-0.3, -0.25) is 0 Å². The van der Waals surface area contributed by atoms with Gasteiger partial charge in [0, 0.05) is 22.2 Å². The molecule has 0 fully saturated rings. The maximum Gasteiger partial charge on any atom is 0.267 e. The number of unbranched alkanes of at least 4 members (excludes halogenated alkanes) is 2. The Hall–Kier alpha value is 0.0300. The van der Waals surface area contributed by atoms with Crippen LogP contribution >= 0.6 is 70.6 Å². The minimum Gasteiger partial charge on any atom is -0.247 e. The molecule has 0 atom stereocenters. The number of rotatable bonds is 10. The Kier molecular flexibility index (Phi) is 9.37. The highest BCUT2D eigenvalue weighted by atomic mass is 32.3. The molecule has 0 N–H and O–H groups in total. The number of benzene rings is 1. The summed E-state index contributed by atoms with van der Waals surface area (Å²) in [6.45, 7) is 6.44. The van der Waals surface area contributed by atoms with E-state index in [1.54, 1.807) is 48.1 Å². The van der Waals surface area contributed by atoms with Gasteiger partial charge in [-0.15, -0.1) is 23.5 Å². The summed E-state index contributed by atoms with van der Waals surface area (Å²) >= 11 is 11.2. The zero-order chi connectivity index (χ0) is 23.4. The number of hydrogen-bond acceptors (Lipinski definition) is 8. The maximum atomic E-state index is 13.0. The molecule has 1 aromatic carbocycles. The molecule has 178 valence electrons. The van der Waals surface area contributed by atoms with Gasteiger partial charge < -0.3 is 0 Å². The molecule has 2 aliphatic heterocycles. The number of nitrogens with zero attached hydrogens (tertiary/aromatic N) is 1. The van der Waals surface area contributed by atoms with E-state index >= 15 is 0 Å². The molecule has 3 nitrogen and oxygen atoms in total. The topological polar surface area (TPSA) is 39.1 Å². The van der Waals surface area contributed by atoms with Gasteiger partial charge in [-0.05, 0) is 43.4 Å². The van der Waals surface area contributed by atoms with E-state index in [0.29, 0.717) is 4.90 Å². The molecule has 0 spiro atoms. The van der Waals surface area contributed by atoms with Gasteiger partial charge in [0.1, 0.15) is 0 Å². The first-order valence-electron chi connectivity index (χ1n) is 10.9. The van der Waals surface area contributed by atoms with E-state index in [1.807, 2.05) is 66.1 Å². The molecule has 0 saturated carbocycles. The first kappa shape index (κ1) is 26.1. The summed E-state index contributed by atoms with van der Waals surface area (Å²) in [6.07, 6.45) is 8.46. The average Bonchev–Trinajstić information content (AvgIpc) is 3.48. The highest BCUT2D eigenvalue weighted by molar-refractivity contribution is 8.42. The van der Waals surface area contributed by atoms with Gasteiger partial charge in [0.25, 0.3) is 10.0 Å². The molecule has 2 aromatic rings. The minimum absolute atomic E-state index is 0.323. The Balaban J connectivity index is 1.48. The van der Waals surface area contributed by atoms with Crippen molar-refractivity contribution in [2.45, 2.75) is 61.1 Å². The van der Waals surface area contributed by atoms with E-state index in [2.05, 4.69) is 13.8 Å². The largest absolute Gasteiger partial charge is 0.267 e. The van der Waals surface area contributed by atoms with E-state index in [0.717, 1.165) is 15.4 Å². The molecule has 33 heavy (non-hydrogen) atoms. The third kappa shape index (κ3) is 6.24. The Bertz CT molecular complexity index is 1110. The molecule has 2 aliphatic rings. The van der Waals surface area contributed by atoms with Crippen LogP contribution in [-0.4, -0.2) is 23.9 Å². The van der Waals surface area contributed by atoms with Crippen LogP contribution in [0, 0.1) is 6.92 Å². The van der Waals surface area contributed by atoms with E-state index in [4.69, 9.17) is 0 Å². The lowest BCUT2D eigenvalue weighted by Crippen LogP contribution is -2.10. The fourth-order valence-corrected chi connectivity index (χ4v) is 13.3. The molecule has 1 aromatic heterocycles. The van der Waals surface area contributed by atoms with E-state index in [-0.39, 0.29) is 0 Å². The van der Waals surface area contributed by atoms with Gasteiger partial charge >= 0.3 is 0 Å². The summed E-state index contributed by atoms with van der Waals surface area (Å²) in [5.41, 5.74) is 1.05. The zero-order valence-electron chi connectivity index (χ0n) is 18.8. The SMILES string of the molecule is CCCCSC1=C(SCCCC)SC(=C2Sc3cn(S(=O)(=O)c4ccc(C)cc4)cc3S2)S1. The number of thioether (sulfide) groups is 6. The Morgan fingerprint density at radius 2 is 1.27 bits per heavy atom. The van der Waals surface area contributed by atoms with Gasteiger partial charge in [0.2, 0.25) is 0 Å². The Morgan fingerprint density at radius 1 is 0.788 bits per heavy atom. The van der Waals surface area contributed by atoms with Crippen LogP contribution in [0.1, 0.15) is 45.1 Å². The summed E-state index contributed by atoms with van der Waals surface area (Å²) in [5.74, 6) is 2.34. The van der Waals surface area contributed by atoms with Crippen molar-refractivity contribution < 1.29 is 8.42 Å². The highest BCUT2D eigenvalue weighted by Gasteiger charge is 2.31. The molecule has 0 radical (unpaired) electrons. The normalized spacial score (nSPS) is 16.2. The second-order valence-electron chi connectivity index (χ2n) is 7.60. The van der Waals surface area contributed by atoms with Gasteiger partial charge in [0.05, 0.1) is 21.8 Å². The standard InChI is InChI=1S/C23H27NO2S7/c1-4-6-12-27-20-21(28-13-7-5-2)32-23(31-20)22-29-18-14-24(15-19(18)30-22)33(25,26)17-10-8-16(3)9-11-17/h8-11,14-15H,4-7,12-13H2,1-3H3. The lowest BCUT2D eigenvalue weighted by atomic mass is 10.2. The quantitative estimate of drug-likeness (QED) is 0.261. The van der Waals surface area contributed by atoms with E-state index in [1.165, 1.54) is 58.1 Å². The Labute approximate surface area is 223 Å². The number of hydrogen-bond donors (Lipinski definition) is 0. The molecule has 0 aliphatic carbocycles. The minimum atomic E-state index is -3.56. The third-order valence-corrected chi connectivity index (χ3v) is 15.2. The van der Waals surface area contributed by atoms with Crippen molar-refractivity contribution in [2.24, 2.45) is 0 Å². The molecule has 0 amide bonds. The highest BCUT2D eigenvalue weighted by Crippen LogP contribution is 2.64. The van der Waals surface area contributed by atoms with Crippen LogP contribution in [0.3, 0.4) is 0 Å². The lowest BCUT2D eigenvalue weighted by Gasteiger charge is -2.07. The van der Waals surface area contributed by atoms with Crippen LogP contribution in [-0.2, 0) is 10.0 Å². The number of fused-ring (bicyclic) bond motifs is 1. The summed E-state index contributed by atoms with van der Waals surface area (Å²) in [4.78, 5) is 2.36. The summed E-state index contributed by atoms with van der Waals surface area (Å²) in [5, 5.41) is 0. The van der Waals surface area contributed by atoms with Crippen molar-refractivity contribution in [3.05, 3.63) is 59.2 Å². The molecule has 10 heteroatoms. The van der Waals surface area contributed by atoms with Crippen LogP contribution in [0.4, 0.5) is 0 Å². The van der Waals surface area contributed by atoms with Crippen LogP contribution in [0.25, 0.3) is 0 Å². The molecular formula is C23H27NO2S7. The Morgan fingerprint density at radius 3 is 1.76 bits per heavy atom. The second-order valence-corrected chi connectivity index (χ2v) is 16.8. The van der Waals surface area contributed by atoms with E-state index < -0.39 is 10.0 Å². The van der Waals surface area contributed by atoms with Crippen molar-refractivity contribution in [1.29, 1.82) is 0 Å². The van der Waals surface area contributed by atoms with Crippen molar-refractivity contribution in [2.75, 3.05) is 11.5 Å². The van der Waals surface area contributed by atoms with E-state index in [9.17, 15) is 8.42 Å². The van der Waals surface area contributed by atoms with Gasteiger partial charge in [-0.1, -0.05) is 91.4 Å². The fraction of sp³-hybridized carbons (Fsp3) is 0.391. The van der Waals surface area contributed by atoms with Crippen molar-refractivity contribution in [1.82, 2.24) is 3.97 Å². The molecule has 4 rings (SSSR count). The van der Waals surface area contributed by atoms with Gasteiger partial charge in [0.15, 0.2) is 0 Å². The van der Waals surface area contributed by atoms with Gasteiger partial charge in [-0.25, -0.2) is 12.4 Å². The predicted octanol–water partition coefficient (Wildman–Crippen LogP) is 9.03. The summed E-state index contributed by atoms with van der Waals surface area (Å²) in [6, 6.07) is 7.03. The molecule has 3 heterocycles. The van der Waals surface area contributed by atoms with Gasteiger partial charge in [-0.2, -0.15) is 0 Å². The molecule has 0 saturated heterocycles. The smallest absolute Gasteiger partial charge is 0.247 e. The molecule has 0 bridgehead atoms. The number of aromatic nitrogens is 1. The zero-order valence-corrected chi connectivity index (χ0v) is 24.5. The fourth-order valence-electron chi connectivity index (χ4n) is 2.97. The van der Waals surface area contributed by atoms with Crippen LogP contribution in [0.5, 0.6) is 0 Å². The first-order valence-corrected chi connectivity index (χ1v) is 17.6. The summed E-state index contributed by atoms with van der Waals surface area (Å²) in [7, 11) is -3.56. The third-order valence-electron chi connectivity index (χ3n) is 4.90. The second kappa shape index (κ2) is 11.8. The summed E-state index contributed by atoms with van der Waals surface area (Å²) < 4.78 is 32.9. The molecule has 0 unspecified atom stereocenters. The van der Waals surface area contributed by atoms with Crippen molar-refractivity contribution >= 4 is 80.6 Å². The van der Waals surface area contributed by atoms with Crippen molar-refractivity contribution in [3.63, 3.8) is 0 Å². The van der Waals surface area contributed by atoms with Crippen LogP contribution in [0.2, 0.25) is 0 Å². The molecular weight excluding hydrogens is 547 g/mol. The maximum absolute atomic E-state index is 13.0. The van der Waals surface area contributed by atoms with Crippen LogP contribution < -0.4 is 0 Å². The lowest BCUT2D eigenvalue weighted by molar-refractivity contribution is 0.587. The van der Waals surface area contributed by atoms with Crippen LogP contribution in [0.15, 0.2) is 68.3 Å². The average molecular weight is 574 g/mol. The number of aryl methyl sites for hydroxylation is 1. The first-order chi connectivity index (χ1) is 15.9. The monoisotopic (exact) mass is 573 g/mol. The van der Waals surface area contributed by atoms with Crippen molar-refractivity contribution in [3.8, 4) is 0 Å².